The zero-order chi connectivity index (χ0) is 15.4. The van der Waals surface area contributed by atoms with Crippen molar-refractivity contribution >= 4 is 5.69 Å². The number of hydrogen-bond donors (Lipinski definition) is 1. The highest BCUT2D eigenvalue weighted by molar-refractivity contribution is 5.77. The van der Waals surface area contributed by atoms with E-state index >= 15 is 0 Å². The molecule has 1 heterocycles. The molecule has 0 radical (unpaired) electrons. The van der Waals surface area contributed by atoms with E-state index in [0.29, 0.717) is 0 Å². The van der Waals surface area contributed by atoms with Gasteiger partial charge in [-0.05, 0) is 30.7 Å². The Bertz CT molecular complexity index is 747. The highest BCUT2D eigenvalue weighted by atomic mass is 19.1. The highest BCUT2D eigenvalue weighted by Gasteiger charge is 2.04. The molecule has 0 atom stereocenters. The Kier molecular flexibility index (Phi) is 4.19. The molecule has 4 heteroatoms. The van der Waals surface area contributed by atoms with Crippen molar-refractivity contribution in [2.24, 2.45) is 0 Å². The number of para-hydroxylation sites is 1. The lowest BCUT2D eigenvalue weighted by Crippen LogP contribution is -2.09. The van der Waals surface area contributed by atoms with Gasteiger partial charge in [-0.2, -0.15) is 0 Å². The molecule has 0 unspecified atom stereocenters. The lowest BCUT2D eigenvalue weighted by atomic mass is 10.0. The Morgan fingerprint density at radius 1 is 1.09 bits per heavy atom. The second-order valence-corrected chi connectivity index (χ2v) is 5.23. The smallest absolute Gasteiger partial charge is 0.123 e. The van der Waals surface area contributed by atoms with Gasteiger partial charge in [-0.25, -0.2) is 9.37 Å². The lowest BCUT2D eigenvalue weighted by molar-refractivity contribution is 0.628. The van der Waals surface area contributed by atoms with Gasteiger partial charge in [0.1, 0.15) is 5.82 Å². The zero-order valence-corrected chi connectivity index (χ0v) is 12.5. The number of rotatable bonds is 5. The van der Waals surface area contributed by atoms with Gasteiger partial charge in [0.25, 0.3) is 0 Å². The number of aryl methyl sites for hydroxylation is 1. The molecule has 3 rings (SSSR count). The monoisotopic (exact) mass is 295 g/mol. The van der Waals surface area contributed by atoms with Crippen LogP contribution in [0.2, 0.25) is 0 Å². The van der Waals surface area contributed by atoms with Gasteiger partial charge in [0.15, 0.2) is 0 Å². The standard InChI is InChI=1S/C18H18FN3/c1-14-12-22(13-21-14)11-10-20-18-5-3-2-4-17(18)15-6-8-16(19)9-7-15/h2-9,12-13,20H,10-11H2,1H3. The van der Waals surface area contributed by atoms with Gasteiger partial charge in [-0.15, -0.1) is 0 Å². The first-order chi connectivity index (χ1) is 10.7. The van der Waals surface area contributed by atoms with Crippen LogP contribution in [0, 0.1) is 12.7 Å². The van der Waals surface area contributed by atoms with Gasteiger partial charge in [0, 0.05) is 30.5 Å². The molecule has 22 heavy (non-hydrogen) atoms. The summed E-state index contributed by atoms with van der Waals surface area (Å²) in [5.41, 5.74) is 4.14. The molecule has 0 amide bonds. The Labute approximate surface area is 129 Å². The van der Waals surface area contributed by atoms with Crippen LogP contribution in [0.5, 0.6) is 0 Å². The molecule has 0 bridgehead atoms. The van der Waals surface area contributed by atoms with Gasteiger partial charge in [-0.3, -0.25) is 0 Å². The molecule has 0 fully saturated rings. The second-order valence-electron chi connectivity index (χ2n) is 5.23. The topological polar surface area (TPSA) is 29.9 Å². The van der Waals surface area contributed by atoms with Crippen molar-refractivity contribution in [3.8, 4) is 11.1 Å². The second kappa shape index (κ2) is 6.43. The summed E-state index contributed by atoms with van der Waals surface area (Å²) >= 11 is 0. The first-order valence-corrected chi connectivity index (χ1v) is 7.29. The average molecular weight is 295 g/mol. The molecular formula is C18H18FN3. The highest BCUT2D eigenvalue weighted by Crippen LogP contribution is 2.27. The molecule has 3 nitrogen and oxygen atoms in total. The van der Waals surface area contributed by atoms with Crippen molar-refractivity contribution in [1.29, 1.82) is 0 Å². The molecule has 0 aliphatic carbocycles. The number of aromatic nitrogens is 2. The number of anilines is 1. The SMILES string of the molecule is Cc1cn(CCNc2ccccc2-c2ccc(F)cc2)cn1. The summed E-state index contributed by atoms with van der Waals surface area (Å²) in [5.74, 6) is -0.218. The van der Waals surface area contributed by atoms with E-state index < -0.39 is 0 Å². The summed E-state index contributed by atoms with van der Waals surface area (Å²) in [5, 5.41) is 3.44. The van der Waals surface area contributed by atoms with Crippen molar-refractivity contribution in [3.63, 3.8) is 0 Å². The maximum absolute atomic E-state index is 13.1. The molecule has 0 aliphatic heterocycles. The molecule has 1 N–H and O–H groups in total. The van der Waals surface area contributed by atoms with E-state index in [9.17, 15) is 4.39 Å². The van der Waals surface area contributed by atoms with E-state index in [1.165, 1.54) is 12.1 Å². The van der Waals surface area contributed by atoms with E-state index in [4.69, 9.17) is 0 Å². The first kappa shape index (κ1) is 14.3. The van der Waals surface area contributed by atoms with Crippen LogP contribution in [-0.4, -0.2) is 16.1 Å². The van der Waals surface area contributed by atoms with E-state index in [1.807, 2.05) is 43.7 Å². The maximum Gasteiger partial charge on any atom is 0.123 e. The molecule has 0 spiro atoms. The fourth-order valence-electron chi connectivity index (χ4n) is 2.43. The minimum atomic E-state index is -0.218. The van der Waals surface area contributed by atoms with E-state index in [2.05, 4.69) is 14.9 Å². The van der Waals surface area contributed by atoms with Crippen molar-refractivity contribution in [2.75, 3.05) is 11.9 Å². The Balaban J connectivity index is 1.72. The summed E-state index contributed by atoms with van der Waals surface area (Å²) in [4.78, 5) is 4.22. The largest absolute Gasteiger partial charge is 0.383 e. The molecule has 1 aromatic heterocycles. The third kappa shape index (κ3) is 3.34. The maximum atomic E-state index is 13.1. The van der Waals surface area contributed by atoms with Crippen LogP contribution in [0.1, 0.15) is 5.69 Å². The number of benzene rings is 2. The minimum absolute atomic E-state index is 0.218. The summed E-state index contributed by atoms with van der Waals surface area (Å²) in [6, 6.07) is 14.6. The Morgan fingerprint density at radius 2 is 1.86 bits per heavy atom. The van der Waals surface area contributed by atoms with E-state index in [-0.39, 0.29) is 5.82 Å². The summed E-state index contributed by atoms with van der Waals surface area (Å²) in [7, 11) is 0. The molecule has 0 saturated carbocycles. The Morgan fingerprint density at radius 3 is 2.59 bits per heavy atom. The first-order valence-electron chi connectivity index (χ1n) is 7.29. The fraction of sp³-hybridized carbons (Fsp3) is 0.167. The van der Waals surface area contributed by atoms with Gasteiger partial charge in [-0.1, -0.05) is 30.3 Å². The predicted octanol–water partition coefficient (Wildman–Crippen LogP) is 4.11. The zero-order valence-electron chi connectivity index (χ0n) is 12.5. The fourth-order valence-corrected chi connectivity index (χ4v) is 2.43. The van der Waals surface area contributed by atoms with Gasteiger partial charge >= 0.3 is 0 Å². The van der Waals surface area contributed by atoms with Gasteiger partial charge in [0.2, 0.25) is 0 Å². The molecule has 0 saturated heterocycles. The van der Waals surface area contributed by atoms with Crippen molar-refractivity contribution in [2.45, 2.75) is 13.5 Å². The summed E-state index contributed by atoms with van der Waals surface area (Å²) in [6.07, 6.45) is 3.86. The van der Waals surface area contributed by atoms with E-state index in [1.54, 1.807) is 12.1 Å². The molecular weight excluding hydrogens is 277 g/mol. The summed E-state index contributed by atoms with van der Waals surface area (Å²) in [6.45, 7) is 3.63. The lowest BCUT2D eigenvalue weighted by Gasteiger charge is -2.12. The molecule has 2 aromatic carbocycles. The van der Waals surface area contributed by atoms with E-state index in [0.717, 1.165) is 35.6 Å². The number of hydrogen-bond acceptors (Lipinski definition) is 2. The van der Waals surface area contributed by atoms with Gasteiger partial charge < -0.3 is 9.88 Å². The third-order valence-corrected chi connectivity index (χ3v) is 3.53. The Hall–Kier alpha value is -2.62. The van der Waals surface area contributed by atoms with Crippen molar-refractivity contribution in [3.05, 3.63) is 72.6 Å². The van der Waals surface area contributed by atoms with Gasteiger partial charge in [0.05, 0.1) is 12.0 Å². The number of halogens is 1. The quantitative estimate of drug-likeness (QED) is 0.767. The number of imidazole rings is 1. The minimum Gasteiger partial charge on any atom is -0.383 e. The molecule has 0 aliphatic rings. The van der Waals surface area contributed by atoms with Crippen LogP contribution in [0.25, 0.3) is 11.1 Å². The van der Waals surface area contributed by atoms with Crippen LogP contribution < -0.4 is 5.32 Å². The summed E-state index contributed by atoms with van der Waals surface area (Å²) < 4.78 is 15.1. The van der Waals surface area contributed by atoms with Crippen LogP contribution in [0.3, 0.4) is 0 Å². The number of nitrogens with zero attached hydrogens (tertiary/aromatic N) is 2. The molecule has 112 valence electrons. The normalized spacial score (nSPS) is 10.6. The predicted molar refractivity (Wildman–Crippen MR) is 87.3 cm³/mol. The average Bonchev–Trinajstić information content (AvgIpc) is 2.94. The third-order valence-electron chi connectivity index (χ3n) is 3.53. The van der Waals surface area contributed by atoms with Crippen LogP contribution in [-0.2, 0) is 6.54 Å². The van der Waals surface area contributed by atoms with Crippen LogP contribution >= 0.6 is 0 Å². The van der Waals surface area contributed by atoms with Crippen LogP contribution in [0.4, 0.5) is 10.1 Å². The van der Waals surface area contributed by atoms with Crippen molar-refractivity contribution in [1.82, 2.24) is 9.55 Å². The van der Waals surface area contributed by atoms with Crippen LogP contribution in [0.15, 0.2) is 61.1 Å². The molecule has 3 aromatic rings. The van der Waals surface area contributed by atoms with Crippen molar-refractivity contribution < 1.29 is 4.39 Å². The number of nitrogens with one attached hydrogen (secondary N) is 1.